The van der Waals surface area contributed by atoms with Crippen molar-refractivity contribution in [2.75, 3.05) is 13.8 Å². The summed E-state index contributed by atoms with van der Waals surface area (Å²) in [4.78, 5) is 31.4. The molecule has 0 aliphatic carbocycles. The van der Waals surface area contributed by atoms with Crippen molar-refractivity contribution >= 4 is 16.9 Å². The molecular formula is C26H22N2O6. The SMILES string of the molecule is COC(=O)c1ccc(Oc2c(C)oc3c4c(ccc3c2=O)OCN(Cc2ccccn2)C4)cc1. The number of fused-ring (bicyclic) bond motifs is 3. The van der Waals surface area contributed by atoms with Gasteiger partial charge in [0.25, 0.3) is 0 Å². The predicted octanol–water partition coefficient (Wildman–Crippen LogP) is 4.43. The number of aromatic nitrogens is 1. The van der Waals surface area contributed by atoms with Crippen molar-refractivity contribution in [2.45, 2.75) is 20.0 Å². The van der Waals surface area contributed by atoms with Crippen LogP contribution in [0, 0.1) is 6.92 Å². The number of hydrogen-bond acceptors (Lipinski definition) is 8. The summed E-state index contributed by atoms with van der Waals surface area (Å²) in [6.07, 6.45) is 1.76. The quantitative estimate of drug-likeness (QED) is 0.406. The fourth-order valence-electron chi connectivity index (χ4n) is 3.94. The van der Waals surface area contributed by atoms with Crippen molar-refractivity contribution < 1.29 is 23.4 Å². The van der Waals surface area contributed by atoms with Gasteiger partial charge in [-0.1, -0.05) is 6.07 Å². The third-order valence-corrected chi connectivity index (χ3v) is 5.63. The number of nitrogens with zero attached hydrogens (tertiary/aromatic N) is 2. The highest BCUT2D eigenvalue weighted by atomic mass is 16.5. The van der Waals surface area contributed by atoms with Gasteiger partial charge in [0.15, 0.2) is 0 Å². The van der Waals surface area contributed by atoms with Gasteiger partial charge in [-0.05, 0) is 55.5 Å². The summed E-state index contributed by atoms with van der Waals surface area (Å²) in [6.45, 7) is 3.28. The molecule has 0 amide bonds. The number of ether oxygens (including phenoxy) is 3. The molecule has 34 heavy (non-hydrogen) atoms. The maximum absolute atomic E-state index is 13.3. The van der Waals surface area contributed by atoms with Gasteiger partial charge >= 0.3 is 5.97 Å². The largest absolute Gasteiger partial charge is 0.478 e. The summed E-state index contributed by atoms with van der Waals surface area (Å²) in [5.74, 6) is 1.10. The average molecular weight is 458 g/mol. The first-order chi connectivity index (χ1) is 16.5. The Bertz CT molecular complexity index is 1410. The van der Waals surface area contributed by atoms with Crippen LogP contribution in [0.4, 0.5) is 0 Å². The zero-order valence-corrected chi connectivity index (χ0v) is 18.7. The first-order valence-corrected chi connectivity index (χ1v) is 10.7. The first kappa shape index (κ1) is 21.7. The number of rotatable bonds is 5. The van der Waals surface area contributed by atoms with Crippen LogP contribution in [0.5, 0.6) is 17.2 Å². The van der Waals surface area contributed by atoms with Crippen LogP contribution >= 0.6 is 0 Å². The van der Waals surface area contributed by atoms with E-state index in [-0.39, 0.29) is 11.2 Å². The molecule has 2 aromatic heterocycles. The maximum atomic E-state index is 13.3. The number of hydrogen-bond donors (Lipinski definition) is 0. The number of esters is 1. The van der Waals surface area contributed by atoms with Crippen molar-refractivity contribution in [3.63, 3.8) is 0 Å². The van der Waals surface area contributed by atoms with Crippen LogP contribution in [0.2, 0.25) is 0 Å². The van der Waals surface area contributed by atoms with Gasteiger partial charge in [-0.2, -0.15) is 0 Å². The van der Waals surface area contributed by atoms with Crippen LogP contribution in [0.3, 0.4) is 0 Å². The van der Waals surface area contributed by atoms with Gasteiger partial charge in [0.05, 0.1) is 29.3 Å². The fraction of sp³-hybridized carbons (Fsp3) is 0.192. The maximum Gasteiger partial charge on any atom is 0.337 e. The second-order valence-electron chi connectivity index (χ2n) is 7.94. The van der Waals surface area contributed by atoms with E-state index in [0.717, 1.165) is 11.3 Å². The number of methoxy groups -OCH3 is 1. The van der Waals surface area contributed by atoms with Crippen molar-refractivity contribution in [2.24, 2.45) is 0 Å². The first-order valence-electron chi connectivity index (χ1n) is 10.7. The third-order valence-electron chi connectivity index (χ3n) is 5.63. The van der Waals surface area contributed by atoms with Crippen molar-refractivity contribution in [3.8, 4) is 17.2 Å². The molecule has 1 aliphatic rings. The van der Waals surface area contributed by atoms with E-state index < -0.39 is 5.97 Å². The number of aryl methyl sites for hydroxylation is 1. The third kappa shape index (κ3) is 4.11. The summed E-state index contributed by atoms with van der Waals surface area (Å²) in [7, 11) is 1.32. The topological polar surface area (TPSA) is 91.1 Å². The van der Waals surface area contributed by atoms with E-state index in [9.17, 15) is 9.59 Å². The molecule has 172 valence electrons. The monoisotopic (exact) mass is 458 g/mol. The molecular weight excluding hydrogens is 436 g/mol. The Labute approximate surface area is 195 Å². The Hall–Kier alpha value is -4.17. The van der Waals surface area contributed by atoms with Crippen molar-refractivity contribution in [1.29, 1.82) is 0 Å². The van der Waals surface area contributed by atoms with Crippen LogP contribution in [-0.2, 0) is 17.8 Å². The molecule has 8 heteroatoms. The molecule has 0 saturated carbocycles. The minimum Gasteiger partial charge on any atom is -0.478 e. The number of pyridine rings is 1. The fourth-order valence-corrected chi connectivity index (χ4v) is 3.94. The van der Waals surface area contributed by atoms with E-state index in [1.165, 1.54) is 7.11 Å². The van der Waals surface area contributed by atoms with Crippen molar-refractivity contribution in [3.05, 3.63) is 93.6 Å². The molecule has 1 aliphatic heterocycles. The average Bonchev–Trinajstić information content (AvgIpc) is 2.87. The zero-order chi connectivity index (χ0) is 23.7. The Kier molecular flexibility index (Phi) is 5.73. The van der Waals surface area contributed by atoms with Crippen LogP contribution in [0.25, 0.3) is 11.0 Å². The lowest BCUT2D eigenvalue weighted by Gasteiger charge is -2.29. The van der Waals surface area contributed by atoms with Crippen LogP contribution in [0.15, 0.2) is 70.0 Å². The van der Waals surface area contributed by atoms with Gasteiger partial charge in [-0.15, -0.1) is 0 Å². The Morgan fingerprint density at radius 3 is 2.68 bits per heavy atom. The molecule has 0 fully saturated rings. The number of carbonyl (C=O) groups is 1. The molecule has 5 rings (SSSR count). The molecule has 0 unspecified atom stereocenters. The van der Waals surface area contributed by atoms with Crippen LogP contribution in [0.1, 0.15) is 27.4 Å². The summed E-state index contributed by atoms with van der Waals surface area (Å²) in [5, 5.41) is 0.411. The lowest BCUT2D eigenvalue weighted by molar-refractivity contribution is 0.0600. The van der Waals surface area contributed by atoms with E-state index in [2.05, 4.69) is 9.88 Å². The van der Waals surface area contributed by atoms with E-state index in [1.807, 2.05) is 18.2 Å². The van der Waals surface area contributed by atoms with Gasteiger partial charge < -0.3 is 18.6 Å². The number of carbonyl (C=O) groups excluding carboxylic acids is 1. The summed E-state index contributed by atoms with van der Waals surface area (Å²) < 4.78 is 22.6. The lowest BCUT2D eigenvalue weighted by atomic mass is 10.1. The second-order valence-corrected chi connectivity index (χ2v) is 7.94. The molecule has 0 saturated heterocycles. The highest BCUT2D eigenvalue weighted by Crippen LogP contribution is 2.34. The predicted molar refractivity (Wildman–Crippen MR) is 124 cm³/mol. The Balaban J connectivity index is 1.46. The van der Waals surface area contributed by atoms with Gasteiger partial charge in [0, 0.05) is 19.3 Å². The molecule has 0 bridgehead atoms. The number of benzene rings is 2. The van der Waals surface area contributed by atoms with Crippen LogP contribution < -0.4 is 14.9 Å². The standard InChI is InChI=1S/C26H22N2O6/c1-16-24(34-19-8-6-17(7-9-19)26(30)31-2)23(29)20-10-11-22-21(25(20)33-16)14-28(15-32-22)13-18-5-3-4-12-27-18/h3-12H,13-15H2,1-2H3. The molecule has 0 spiro atoms. The minimum absolute atomic E-state index is 0.0975. The van der Waals surface area contributed by atoms with E-state index in [4.69, 9.17) is 18.6 Å². The second kappa shape index (κ2) is 8.99. The normalized spacial score (nSPS) is 13.2. The highest BCUT2D eigenvalue weighted by molar-refractivity contribution is 5.89. The van der Waals surface area contributed by atoms with Crippen molar-refractivity contribution in [1.82, 2.24) is 9.88 Å². The molecule has 0 atom stereocenters. The summed E-state index contributed by atoms with van der Waals surface area (Å²) in [6, 6.07) is 15.6. The van der Waals surface area contributed by atoms with Gasteiger partial charge in [0.1, 0.15) is 29.6 Å². The lowest BCUT2D eigenvalue weighted by Crippen LogP contribution is -2.32. The molecule has 4 aromatic rings. The zero-order valence-electron chi connectivity index (χ0n) is 18.7. The summed E-state index contributed by atoms with van der Waals surface area (Å²) >= 11 is 0. The van der Waals surface area contributed by atoms with E-state index in [1.54, 1.807) is 49.5 Å². The molecule has 0 N–H and O–H groups in total. The Morgan fingerprint density at radius 2 is 1.94 bits per heavy atom. The molecule has 3 heterocycles. The molecule has 0 radical (unpaired) electrons. The minimum atomic E-state index is -0.447. The molecule has 8 nitrogen and oxygen atoms in total. The van der Waals surface area contributed by atoms with Gasteiger partial charge in [-0.25, -0.2) is 4.79 Å². The van der Waals surface area contributed by atoms with E-state index in [0.29, 0.717) is 53.6 Å². The van der Waals surface area contributed by atoms with Gasteiger partial charge in [-0.3, -0.25) is 14.7 Å². The summed E-state index contributed by atoms with van der Waals surface area (Å²) in [5.41, 5.74) is 2.34. The van der Waals surface area contributed by atoms with Gasteiger partial charge in [0.2, 0.25) is 11.2 Å². The molecule has 2 aromatic carbocycles. The van der Waals surface area contributed by atoms with E-state index >= 15 is 0 Å². The van der Waals surface area contributed by atoms with Crippen LogP contribution in [-0.4, -0.2) is 29.7 Å². The smallest absolute Gasteiger partial charge is 0.337 e. The highest BCUT2D eigenvalue weighted by Gasteiger charge is 2.24. The Morgan fingerprint density at radius 1 is 1.12 bits per heavy atom.